The number of hydrogen-bond donors (Lipinski definition) is 1. The predicted molar refractivity (Wildman–Crippen MR) is 42.1 cm³/mol. The Morgan fingerprint density at radius 1 is 1.64 bits per heavy atom. The summed E-state index contributed by atoms with van der Waals surface area (Å²) < 4.78 is 0. The molecule has 0 rings (SSSR count). The number of amides is 1. The van der Waals surface area contributed by atoms with Crippen LogP contribution in [0.4, 0.5) is 0 Å². The van der Waals surface area contributed by atoms with E-state index in [9.17, 15) is 4.79 Å². The molecule has 0 unspecified atom stereocenters. The van der Waals surface area contributed by atoms with E-state index in [-0.39, 0.29) is 5.91 Å². The van der Waals surface area contributed by atoms with Gasteiger partial charge in [0.05, 0.1) is 6.61 Å². The van der Waals surface area contributed by atoms with Crippen LogP contribution < -0.4 is 5.84 Å². The zero-order valence-corrected chi connectivity index (χ0v) is 7.33. The summed E-state index contributed by atoms with van der Waals surface area (Å²) in [6.07, 6.45) is 0.427. The van der Waals surface area contributed by atoms with Crippen molar-refractivity contribution in [3.8, 4) is 0 Å². The molecular weight excluding hydrogens is 144 g/mol. The highest BCUT2D eigenvalue weighted by Crippen LogP contribution is 2.01. The van der Waals surface area contributed by atoms with Gasteiger partial charge in [0.15, 0.2) is 0 Å². The molecule has 1 amide bonds. The average molecular weight is 160 g/mol. The summed E-state index contributed by atoms with van der Waals surface area (Å²) >= 11 is 0. The Bertz CT molecular complexity index is 126. The third-order valence-electron chi connectivity index (χ3n) is 1.10. The molecule has 0 spiro atoms. The summed E-state index contributed by atoms with van der Waals surface area (Å²) in [5.74, 6) is 5.37. The fourth-order valence-electron chi connectivity index (χ4n) is 0.650. The van der Waals surface area contributed by atoms with E-state index in [1.54, 1.807) is 6.92 Å². The number of hydrogen-bond acceptors (Lipinski definition) is 3. The minimum absolute atomic E-state index is 0.179. The Morgan fingerprint density at radius 2 is 2.18 bits per heavy atom. The highest BCUT2D eigenvalue weighted by Gasteiger charge is 2.10. The van der Waals surface area contributed by atoms with Gasteiger partial charge in [-0.25, -0.2) is 5.84 Å². The number of hydrazine groups is 1. The van der Waals surface area contributed by atoms with Gasteiger partial charge in [-0.05, 0) is 12.8 Å². The molecule has 0 aliphatic carbocycles. The van der Waals surface area contributed by atoms with Crippen molar-refractivity contribution in [1.29, 1.82) is 0 Å². The topological polar surface area (TPSA) is 55.6 Å². The van der Waals surface area contributed by atoms with E-state index in [1.807, 2.05) is 13.8 Å². The average Bonchev–Trinajstić information content (AvgIpc) is 1.86. The summed E-state index contributed by atoms with van der Waals surface area (Å²) in [5, 5.41) is 0.806. The van der Waals surface area contributed by atoms with Crippen molar-refractivity contribution in [3.63, 3.8) is 0 Å². The number of hydroxylamine groups is 1. The summed E-state index contributed by atoms with van der Waals surface area (Å²) in [7, 11) is 0. The molecule has 11 heavy (non-hydrogen) atoms. The lowest BCUT2D eigenvalue weighted by Gasteiger charge is -2.15. The summed E-state index contributed by atoms with van der Waals surface area (Å²) in [6, 6.07) is 0. The largest absolute Gasteiger partial charge is 0.271 e. The molecule has 4 nitrogen and oxygen atoms in total. The Morgan fingerprint density at radius 3 is 2.55 bits per heavy atom. The summed E-state index contributed by atoms with van der Waals surface area (Å²) in [4.78, 5) is 15.8. The molecule has 0 aromatic heterocycles. The quantitative estimate of drug-likeness (QED) is 0.374. The van der Waals surface area contributed by atoms with Crippen LogP contribution in [0.15, 0.2) is 0 Å². The number of rotatable bonds is 4. The van der Waals surface area contributed by atoms with E-state index in [4.69, 9.17) is 10.7 Å². The first kappa shape index (κ1) is 10.4. The van der Waals surface area contributed by atoms with Crippen LogP contribution >= 0.6 is 0 Å². The van der Waals surface area contributed by atoms with Gasteiger partial charge in [-0.3, -0.25) is 9.63 Å². The number of carbonyl (C=O) groups is 1. The second-order valence-corrected chi connectivity index (χ2v) is 2.74. The van der Waals surface area contributed by atoms with Gasteiger partial charge in [0.25, 0.3) is 5.91 Å². The first-order chi connectivity index (χ1) is 5.07. The van der Waals surface area contributed by atoms with Crippen LogP contribution in [-0.2, 0) is 9.63 Å². The first-order valence-corrected chi connectivity index (χ1v) is 3.78. The van der Waals surface area contributed by atoms with Crippen molar-refractivity contribution in [2.45, 2.75) is 27.2 Å². The maximum absolute atomic E-state index is 11.0. The van der Waals surface area contributed by atoms with Crippen LogP contribution in [0.3, 0.4) is 0 Å². The van der Waals surface area contributed by atoms with Crippen molar-refractivity contribution in [1.82, 2.24) is 5.17 Å². The molecule has 0 saturated heterocycles. The van der Waals surface area contributed by atoms with Crippen molar-refractivity contribution in [3.05, 3.63) is 0 Å². The number of nitrogens with zero attached hydrogens (tertiary/aromatic N) is 1. The third kappa shape index (κ3) is 4.75. The summed E-state index contributed by atoms with van der Waals surface area (Å²) in [5.41, 5.74) is 0. The second kappa shape index (κ2) is 5.09. The normalized spacial score (nSPS) is 10.3. The molecule has 0 aromatic rings. The van der Waals surface area contributed by atoms with Crippen molar-refractivity contribution in [2.24, 2.45) is 11.8 Å². The van der Waals surface area contributed by atoms with Crippen molar-refractivity contribution in [2.75, 3.05) is 6.61 Å². The van der Waals surface area contributed by atoms with E-state index < -0.39 is 0 Å². The minimum Gasteiger partial charge on any atom is -0.271 e. The predicted octanol–water partition coefficient (Wildman–Crippen LogP) is 0.686. The molecule has 66 valence electrons. The Balaban J connectivity index is 3.64. The Labute approximate surface area is 67.2 Å². The molecule has 0 fully saturated rings. The van der Waals surface area contributed by atoms with Crippen LogP contribution in [-0.4, -0.2) is 17.7 Å². The van der Waals surface area contributed by atoms with E-state index in [0.29, 0.717) is 18.9 Å². The molecule has 0 radical (unpaired) electrons. The molecule has 0 aliphatic rings. The summed E-state index contributed by atoms with van der Waals surface area (Å²) in [6.45, 7) is 6.11. The standard InChI is InChI=1S/C7H16N2O2/c1-4-11-9(8)7(10)5-6(2)3/h6H,4-5,8H2,1-3H3. The van der Waals surface area contributed by atoms with Gasteiger partial charge in [-0.15, -0.1) is 0 Å². The number of carbonyl (C=O) groups excluding carboxylic acids is 1. The van der Waals surface area contributed by atoms with Gasteiger partial charge >= 0.3 is 0 Å². The zero-order chi connectivity index (χ0) is 8.85. The van der Waals surface area contributed by atoms with Crippen LogP contribution in [0, 0.1) is 5.92 Å². The number of nitrogens with two attached hydrogens (primary N) is 1. The van der Waals surface area contributed by atoms with Crippen LogP contribution in [0.5, 0.6) is 0 Å². The molecule has 0 bridgehead atoms. The second-order valence-electron chi connectivity index (χ2n) is 2.74. The molecule has 4 heteroatoms. The minimum atomic E-state index is -0.179. The van der Waals surface area contributed by atoms with Crippen molar-refractivity contribution >= 4 is 5.91 Å². The highest BCUT2D eigenvalue weighted by atomic mass is 16.7. The lowest BCUT2D eigenvalue weighted by atomic mass is 10.1. The molecular formula is C7H16N2O2. The van der Waals surface area contributed by atoms with Gasteiger partial charge in [-0.2, -0.15) is 5.17 Å². The van der Waals surface area contributed by atoms with Gasteiger partial charge in [-0.1, -0.05) is 13.8 Å². The Kier molecular flexibility index (Phi) is 4.81. The Hall–Kier alpha value is -0.610. The lowest BCUT2D eigenvalue weighted by molar-refractivity contribution is -0.187. The molecule has 2 N–H and O–H groups in total. The fraction of sp³-hybridized carbons (Fsp3) is 0.857. The lowest BCUT2D eigenvalue weighted by Crippen LogP contribution is -2.37. The van der Waals surface area contributed by atoms with Crippen LogP contribution in [0.1, 0.15) is 27.2 Å². The van der Waals surface area contributed by atoms with Gasteiger partial charge < -0.3 is 0 Å². The van der Waals surface area contributed by atoms with E-state index in [1.165, 1.54) is 0 Å². The van der Waals surface area contributed by atoms with Crippen LogP contribution in [0.25, 0.3) is 0 Å². The molecule has 0 aromatic carbocycles. The highest BCUT2D eigenvalue weighted by molar-refractivity contribution is 5.74. The SMILES string of the molecule is CCON(N)C(=O)CC(C)C. The van der Waals surface area contributed by atoms with E-state index >= 15 is 0 Å². The zero-order valence-electron chi connectivity index (χ0n) is 7.33. The van der Waals surface area contributed by atoms with Gasteiger partial charge in [0.1, 0.15) is 0 Å². The molecule has 0 heterocycles. The molecule has 0 saturated carbocycles. The smallest absolute Gasteiger partial charge is 0.261 e. The van der Waals surface area contributed by atoms with Gasteiger partial charge in [0, 0.05) is 6.42 Å². The fourth-order valence-corrected chi connectivity index (χ4v) is 0.650. The van der Waals surface area contributed by atoms with E-state index in [2.05, 4.69) is 0 Å². The molecule has 0 aliphatic heterocycles. The van der Waals surface area contributed by atoms with Crippen molar-refractivity contribution < 1.29 is 9.63 Å². The first-order valence-electron chi connectivity index (χ1n) is 3.78. The monoisotopic (exact) mass is 160 g/mol. The van der Waals surface area contributed by atoms with Gasteiger partial charge in [0.2, 0.25) is 0 Å². The molecule has 0 atom stereocenters. The van der Waals surface area contributed by atoms with E-state index in [0.717, 1.165) is 5.17 Å². The maximum Gasteiger partial charge on any atom is 0.261 e. The third-order valence-corrected chi connectivity index (χ3v) is 1.10. The van der Waals surface area contributed by atoms with Crippen LogP contribution in [0.2, 0.25) is 0 Å². The maximum atomic E-state index is 11.0.